The Bertz CT molecular complexity index is 1120. The van der Waals surface area contributed by atoms with Crippen molar-refractivity contribution in [2.45, 2.75) is 33.7 Å². The van der Waals surface area contributed by atoms with Gasteiger partial charge in [0.1, 0.15) is 4.83 Å². The zero-order valence-electron chi connectivity index (χ0n) is 15.1. The molecule has 0 atom stereocenters. The van der Waals surface area contributed by atoms with E-state index in [2.05, 4.69) is 10.3 Å². The molecule has 0 saturated carbocycles. The zero-order chi connectivity index (χ0) is 19.7. The minimum atomic E-state index is -0.489. The number of thiophene rings is 1. The van der Waals surface area contributed by atoms with Gasteiger partial charge < -0.3 is 5.32 Å². The summed E-state index contributed by atoms with van der Waals surface area (Å²) < 4.78 is 1.42. The number of carbonyl (C=O) groups excluding carboxylic acids is 1. The average molecular weight is 386 g/mol. The summed E-state index contributed by atoms with van der Waals surface area (Å²) in [6.07, 6.45) is 1.50. The number of nitrogens with zero attached hydrogens (tertiary/aromatic N) is 3. The molecule has 140 valence electrons. The number of hydrogen-bond acceptors (Lipinski definition) is 6. The lowest BCUT2D eigenvalue weighted by atomic mass is 10.1. The van der Waals surface area contributed by atoms with Crippen LogP contribution in [0, 0.1) is 30.9 Å². The van der Waals surface area contributed by atoms with Crippen LogP contribution in [0.25, 0.3) is 10.2 Å². The predicted octanol–water partition coefficient (Wildman–Crippen LogP) is 3.32. The van der Waals surface area contributed by atoms with Gasteiger partial charge in [0, 0.05) is 23.9 Å². The van der Waals surface area contributed by atoms with E-state index in [1.165, 1.54) is 34.4 Å². The fourth-order valence-electron chi connectivity index (χ4n) is 2.82. The van der Waals surface area contributed by atoms with Crippen molar-refractivity contribution >= 4 is 38.8 Å². The molecule has 0 aliphatic heterocycles. The van der Waals surface area contributed by atoms with Crippen LogP contribution < -0.4 is 10.9 Å². The van der Waals surface area contributed by atoms with Crippen molar-refractivity contribution in [2.75, 3.05) is 5.32 Å². The van der Waals surface area contributed by atoms with Crippen LogP contribution in [0.4, 0.5) is 11.4 Å². The highest BCUT2D eigenvalue weighted by atomic mass is 32.1. The fraction of sp³-hybridized carbons (Fsp3) is 0.278. The van der Waals surface area contributed by atoms with Crippen molar-refractivity contribution in [3.63, 3.8) is 0 Å². The molecule has 3 aromatic rings. The molecule has 1 N–H and O–H groups in total. The lowest BCUT2D eigenvalue weighted by Gasteiger charge is -2.09. The summed E-state index contributed by atoms with van der Waals surface area (Å²) in [7, 11) is 0. The van der Waals surface area contributed by atoms with Gasteiger partial charge in [0.25, 0.3) is 11.2 Å². The van der Waals surface area contributed by atoms with Crippen LogP contribution in [0.1, 0.15) is 22.4 Å². The molecular weight excluding hydrogens is 368 g/mol. The molecule has 1 amide bonds. The number of hydrogen-bond donors (Lipinski definition) is 1. The van der Waals surface area contributed by atoms with E-state index >= 15 is 0 Å². The van der Waals surface area contributed by atoms with E-state index < -0.39 is 4.92 Å². The molecule has 0 aliphatic rings. The number of aryl methyl sites for hydroxylation is 3. The van der Waals surface area contributed by atoms with Gasteiger partial charge in [-0.2, -0.15) is 0 Å². The van der Waals surface area contributed by atoms with Crippen molar-refractivity contribution in [1.82, 2.24) is 9.55 Å². The summed E-state index contributed by atoms with van der Waals surface area (Å²) in [5.74, 6) is -0.330. The molecule has 27 heavy (non-hydrogen) atoms. The van der Waals surface area contributed by atoms with E-state index in [4.69, 9.17) is 0 Å². The molecule has 0 unspecified atom stereocenters. The molecule has 2 heterocycles. The lowest BCUT2D eigenvalue weighted by Crippen LogP contribution is -2.23. The summed E-state index contributed by atoms with van der Waals surface area (Å²) in [6, 6.07) is 4.51. The zero-order valence-corrected chi connectivity index (χ0v) is 15.9. The maximum Gasteiger partial charge on any atom is 0.274 e. The lowest BCUT2D eigenvalue weighted by molar-refractivity contribution is -0.385. The van der Waals surface area contributed by atoms with Crippen LogP contribution in [0.3, 0.4) is 0 Å². The fourth-order valence-corrected chi connectivity index (χ4v) is 3.81. The van der Waals surface area contributed by atoms with E-state index in [-0.39, 0.29) is 30.1 Å². The number of fused-ring (bicyclic) bond motifs is 1. The molecule has 0 saturated heterocycles. The van der Waals surface area contributed by atoms with Gasteiger partial charge in [-0.3, -0.25) is 24.3 Å². The molecule has 8 nitrogen and oxygen atoms in total. The third kappa shape index (κ3) is 3.59. The Labute approximate surface area is 158 Å². The topological polar surface area (TPSA) is 107 Å². The molecule has 9 heteroatoms. The van der Waals surface area contributed by atoms with Crippen LogP contribution >= 0.6 is 11.3 Å². The van der Waals surface area contributed by atoms with Gasteiger partial charge in [-0.1, -0.05) is 6.07 Å². The van der Waals surface area contributed by atoms with Crippen molar-refractivity contribution in [3.05, 3.63) is 61.0 Å². The second-order valence-electron chi connectivity index (χ2n) is 6.21. The van der Waals surface area contributed by atoms with E-state index in [9.17, 15) is 19.7 Å². The third-order valence-corrected chi connectivity index (χ3v) is 5.63. The van der Waals surface area contributed by atoms with Gasteiger partial charge in [0.15, 0.2) is 0 Å². The van der Waals surface area contributed by atoms with Gasteiger partial charge in [-0.05, 0) is 32.4 Å². The van der Waals surface area contributed by atoms with E-state index in [0.717, 1.165) is 10.4 Å². The van der Waals surface area contributed by atoms with Crippen LogP contribution in [0.2, 0.25) is 0 Å². The maximum atomic E-state index is 12.6. The number of anilines is 1. The monoisotopic (exact) mass is 386 g/mol. The average Bonchev–Trinajstić information content (AvgIpc) is 2.91. The largest absolute Gasteiger partial charge is 0.326 e. The summed E-state index contributed by atoms with van der Waals surface area (Å²) in [4.78, 5) is 41.4. The standard InChI is InChI=1S/C18H18N4O4S/c1-10-12(3)27-17-16(10)18(24)21(9-19-17)8-7-15(23)20-13-5-4-6-14(11(13)2)22(25)26/h4-6,9H,7-8H2,1-3H3,(H,20,23). The molecule has 0 fully saturated rings. The Morgan fingerprint density at radius 2 is 2.04 bits per heavy atom. The first-order chi connectivity index (χ1) is 12.8. The van der Waals surface area contributed by atoms with Gasteiger partial charge >= 0.3 is 0 Å². The summed E-state index contributed by atoms with van der Waals surface area (Å²) >= 11 is 1.47. The Morgan fingerprint density at radius 3 is 2.74 bits per heavy atom. The van der Waals surface area contributed by atoms with Gasteiger partial charge in [0.2, 0.25) is 5.91 Å². The highest BCUT2D eigenvalue weighted by Gasteiger charge is 2.16. The second kappa shape index (κ2) is 7.28. The second-order valence-corrected chi connectivity index (χ2v) is 7.41. The van der Waals surface area contributed by atoms with Gasteiger partial charge in [-0.25, -0.2) is 4.98 Å². The van der Waals surface area contributed by atoms with Gasteiger partial charge in [-0.15, -0.1) is 11.3 Å². The summed E-state index contributed by atoms with van der Waals surface area (Å²) in [5, 5.41) is 14.3. The Morgan fingerprint density at radius 1 is 1.30 bits per heavy atom. The SMILES string of the molecule is Cc1sc2ncn(CCC(=O)Nc3cccc([N+](=O)[O-])c3C)c(=O)c2c1C. The first-order valence-electron chi connectivity index (χ1n) is 8.28. The number of rotatable bonds is 5. The molecule has 0 spiro atoms. The predicted molar refractivity (Wildman–Crippen MR) is 104 cm³/mol. The molecule has 0 bridgehead atoms. The number of carbonyl (C=O) groups is 1. The van der Waals surface area contributed by atoms with Gasteiger partial charge in [0.05, 0.1) is 27.9 Å². The molecule has 0 radical (unpaired) electrons. The number of nitro groups is 1. The van der Waals surface area contributed by atoms with E-state index in [0.29, 0.717) is 21.5 Å². The molecule has 1 aromatic carbocycles. The smallest absolute Gasteiger partial charge is 0.274 e. The normalized spacial score (nSPS) is 10.9. The van der Waals surface area contributed by atoms with E-state index in [1.54, 1.807) is 13.0 Å². The molecule has 0 aliphatic carbocycles. The third-order valence-electron chi connectivity index (χ3n) is 4.51. The Balaban J connectivity index is 1.75. The van der Waals surface area contributed by atoms with Crippen molar-refractivity contribution in [1.29, 1.82) is 0 Å². The highest BCUT2D eigenvalue weighted by Crippen LogP contribution is 2.26. The Kier molecular flexibility index (Phi) is 5.04. The molecule has 2 aromatic heterocycles. The quantitative estimate of drug-likeness (QED) is 0.535. The Hall–Kier alpha value is -3.07. The molecular formula is C18H18N4O4S. The van der Waals surface area contributed by atoms with Crippen molar-refractivity contribution in [2.24, 2.45) is 0 Å². The van der Waals surface area contributed by atoms with Crippen molar-refractivity contribution in [3.8, 4) is 0 Å². The van der Waals surface area contributed by atoms with Crippen LogP contribution in [0.15, 0.2) is 29.3 Å². The summed E-state index contributed by atoms with van der Waals surface area (Å²) in [6.45, 7) is 5.59. The first-order valence-corrected chi connectivity index (χ1v) is 9.10. The van der Waals surface area contributed by atoms with Crippen LogP contribution in [-0.2, 0) is 11.3 Å². The number of nitro benzene ring substituents is 1. The van der Waals surface area contributed by atoms with Crippen molar-refractivity contribution < 1.29 is 9.72 Å². The van der Waals surface area contributed by atoms with Crippen LogP contribution in [0.5, 0.6) is 0 Å². The minimum absolute atomic E-state index is 0.0530. The van der Waals surface area contributed by atoms with E-state index in [1.807, 2.05) is 13.8 Å². The first kappa shape index (κ1) is 18.7. The molecule has 3 rings (SSSR count). The van der Waals surface area contributed by atoms with Crippen LogP contribution in [-0.4, -0.2) is 20.4 Å². The number of benzene rings is 1. The number of amides is 1. The number of aromatic nitrogens is 2. The number of nitrogens with one attached hydrogen (secondary N) is 1. The maximum absolute atomic E-state index is 12.6. The minimum Gasteiger partial charge on any atom is -0.326 e. The summed E-state index contributed by atoms with van der Waals surface area (Å²) in [5.41, 5.74) is 1.47. The highest BCUT2D eigenvalue weighted by molar-refractivity contribution is 7.18.